The van der Waals surface area contributed by atoms with Gasteiger partial charge in [0.2, 0.25) is 10.0 Å². The first-order valence-corrected chi connectivity index (χ1v) is 8.28. The molecule has 0 spiro atoms. The lowest BCUT2D eigenvalue weighted by atomic mass is 10.1. The number of benzene rings is 1. The third-order valence-electron chi connectivity index (χ3n) is 3.36. The van der Waals surface area contributed by atoms with Crippen LogP contribution in [0.5, 0.6) is 0 Å². The fourth-order valence-electron chi connectivity index (χ4n) is 2.11. The topological polar surface area (TPSA) is 49.4 Å². The van der Waals surface area contributed by atoms with E-state index in [1.54, 1.807) is 7.05 Å². The highest BCUT2D eigenvalue weighted by Gasteiger charge is 2.23. The minimum Gasteiger partial charge on any atom is -0.313 e. The summed E-state index contributed by atoms with van der Waals surface area (Å²) in [5, 5.41) is 3.24. The average molecular weight is 282 g/mol. The van der Waals surface area contributed by atoms with Gasteiger partial charge >= 0.3 is 0 Å². The molecule has 2 rings (SSSR count). The van der Waals surface area contributed by atoms with Gasteiger partial charge in [-0.15, -0.1) is 0 Å². The van der Waals surface area contributed by atoms with Crippen LogP contribution in [0.4, 0.5) is 5.69 Å². The first-order chi connectivity index (χ1) is 8.88. The molecular weight excluding hydrogens is 260 g/mol. The number of anilines is 1. The SMILES string of the molecule is Cc1cc(C)cc(N(C)S(=O)(=O)CCNC2CC2)c1. The number of aryl methyl sites for hydroxylation is 2. The van der Waals surface area contributed by atoms with Crippen LogP contribution in [0.2, 0.25) is 0 Å². The van der Waals surface area contributed by atoms with Crippen molar-refractivity contribution in [3.63, 3.8) is 0 Å². The molecule has 0 unspecified atom stereocenters. The number of sulfonamides is 1. The Balaban J connectivity index is 2.04. The molecule has 0 aromatic heterocycles. The van der Waals surface area contributed by atoms with Gasteiger partial charge in [0, 0.05) is 19.6 Å². The van der Waals surface area contributed by atoms with Gasteiger partial charge in [0.25, 0.3) is 0 Å². The van der Waals surface area contributed by atoms with E-state index in [1.165, 1.54) is 17.1 Å². The molecule has 5 heteroatoms. The molecule has 1 N–H and O–H groups in total. The molecule has 0 radical (unpaired) electrons. The van der Waals surface area contributed by atoms with E-state index in [0.717, 1.165) is 16.8 Å². The fraction of sp³-hybridized carbons (Fsp3) is 0.571. The molecule has 0 amide bonds. The first-order valence-electron chi connectivity index (χ1n) is 6.67. The highest BCUT2D eigenvalue weighted by molar-refractivity contribution is 7.92. The maximum Gasteiger partial charge on any atom is 0.236 e. The molecule has 1 aromatic rings. The second kappa shape index (κ2) is 5.51. The van der Waals surface area contributed by atoms with Gasteiger partial charge in [-0.1, -0.05) is 6.07 Å². The fourth-order valence-corrected chi connectivity index (χ4v) is 3.19. The van der Waals surface area contributed by atoms with Crippen molar-refractivity contribution in [2.24, 2.45) is 0 Å². The largest absolute Gasteiger partial charge is 0.313 e. The number of hydrogen-bond donors (Lipinski definition) is 1. The van der Waals surface area contributed by atoms with Gasteiger partial charge in [0.15, 0.2) is 0 Å². The van der Waals surface area contributed by atoms with Crippen LogP contribution in [0.3, 0.4) is 0 Å². The Kier molecular flexibility index (Phi) is 4.16. The van der Waals surface area contributed by atoms with Crippen molar-refractivity contribution < 1.29 is 8.42 Å². The van der Waals surface area contributed by atoms with Gasteiger partial charge in [-0.25, -0.2) is 8.42 Å². The summed E-state index contributed by atoms with van der Waals surface area (Å²) in [7, 11) is -1.62. The maximum absolute atomic E-state index is 12.2. The molecule has 106 valence electrons. The molecule has 1 aliphatic carbocycles. The van der Waals surface area contributed by atoms with Crippen LogP contribution in [0.25, 0.3) is 0 Å². The number of nitrogens with zero attached hydrogens (tertiary/aromatic N) is 1. The summed E-state index contributed by atoms with van der Waals surface area (Å²) in [4.78, 5) is 0. The van der Waals surface area contributed by atoms with Crippen molar-refractivity contribution >= 4 is 15.7 Å². The quantitative estimate of drug-likeness (QED) is 0.866. The zero-order valence-corrected chi connectivity index (χ0v) is 12.6. The third-order valence-corrected chi connectivity index (χ3v) is 5.12. The van der Waals surface area contributed by atoms with E-state index < -0.39 is 10.0 Å². The maximum atomic E-state index is 12.2. The number of nitrogens with one attached hydrogen (secondary N) is 1. The van der Waals surface area contributed by atoms with Gasteiger partial charge in [-0.3, -0.25) is 4.31 Å². The summed E-state index contributed by atoms with van der Waals surface area (Å²) in [6.45, 7) is 4.49. The van der Waals surface area contributed by atoms with Crippen LogP contribution in [-0.2, 0) is 10.0 Å². The minimum atomic E-state index is -3.24. The van der Waals surface area contributed by atoms with Crippen LogP contribution in [0.15, 0.2) is 18.2 Å². The molecule has 1 aromatic carbocycles. The van der Waals surface area contributed by atoms with Gasteiger partial charge in [0.1, 0.15) is 0 Å². The molecular formula is C14H22N2O2S. The second-order valence-corrected chi connectivity index (χ2v) is 7.48. The molecule has 19 heavy (non-hydrogen) atoms. The van der Waals surface area contributed by atoms with E-state index in [9.17, 15) is 8.42 Å². The van der Waals surface area contributed by atoms with Crippen molar-refractivity contribution in [1.29, 1.82) is 0 Å². The summed E-state index contributed by atoms with van der Waals surface area (Å²) in [5.74, 6) is 0.146. The molecule has 0 bridgehead atoms. The molecule has 0 atom stereocenters. The van der Waals surface area contributed by atoms with Crippen LogP contribution >= 0.6 is 0 Å². The molecule has 1 fully saturated rings. The Morgan fingerprint density at radius 2 is 1.79 bits per heavy atom. The minimum absolute atomic E-state index is 0.146. The Labute approximate surface area is 115 Å². The van der Waals surface area contributed by atoms with E-state index in [1.807, 2.05) is 32.0 Å². The molecule has 0 saturated heterocycles. The Morgan fingerprint density at radius 3 is 2.32 bits per heavy atom. The van der Waals surface area contributed by atoms with E-state index >= 15 is 0 Å². The first kappa shape index (κ1) is 14.3. The van der Waals surface area contributed by atoms with Crippen LogP contribution < -0.4 is 9.62 Å². The molecule has 0 heterocycles. The van der Waals surface area contributed by atoms with Gasteiger partial charge < -0.3 is 5.32 Å². The summed E-state index contributed by atoms with van der Waals surface area (Å²) in [5.41, 5.74) is 2.89. The number of rotatable bonds is 6. The van der Waals surface area contributed by atoms with Gasteiger partial charge in [0.05, 0.1) is 11.4 Å². The summed E-state index contributed by atoms with van der Waals surface area (Å²) >= 11 is 0. The summed E-state index contributed by atoms with van der Waals surface area (Å²) in [6, 6.07) is 6.39. The Bertz CT molecular complexity index is 530. The molecule has 4 nitrogen and oxygen atoms in total. The van der Waals surface area contributed by atoms with Crippen molar-refractivity contribution in [3.05, 3.63) is 29.3 Å². The van der Waals surface area contributed by atoms with E-state index in [2.05, 4.69) is 5.32 Å². The van der Waals surface area contributed by atoms with Crippen LogP contribution in [0, 0.1) is 13.8 Å². The molecule has 1 saturated carbocycles. The van der Waals surface area contributed by atoms with Crippen LogP contribution in [-0.4, -0.2) is 33.8 Å². The van der Waals surface area contributed by atoms with E-state index in [4.69, 9.17) is 0 Å². The zero-order valence-electron chi connectivity index (χ0n) is 11.8. The molecule has 0 aliphatic heterocycles. The monoisotopic (exact) mass is 282 g/mol. The van der Waals surface area contributed by atoms with Gasteiger partial charge in [-0.2, -0.15) is 0 Å². The van der Waals surface area contributed by atoms with E-state index in [-0.39, 0.29) is 5.75 Å². The summed E-state index contributed by atoms with van der Waals surface area (Å²) < 4.78 is 25.9. The van der Waals surface area contributed by atoms with Crippen molar-refractivity contribution in [2.75, 3.05) is 23.7 Å². The smallest absolute Gasteiger partial charge is 0.236 e. The Morgan fingerprint density at radius 1 is 1.21 bits per heavy atom. The lowest BCUT2D eigenvalue weighted by Crippen LogP contribution is -2.34. The highest BCUT2D eigenvalue weighted by atomic mass is 32.2. The molecule has 1 aliphatic rings. The van der Waals surface area contributed by atoms with Crippen molar-refractivity contribution in [3.8, 4) is 0 Å². The summed E-state index contributed by atoms with van der Waals surface area (Å²) in [6.07, 6.45) is 2.35. The van der Waals surface area contributed by atoms with E-state index in [0.29, 0.717) is 12.6 Å². The van der Waals surface area contributed by atoms with Gasteiger partial charge in [-0.05, 0) is 49.9 Å². The average Bonchev–Trinajstić information content (AvgIpc) is 3.10. The predicted molar refractivity (Wildman–Crippen MR) is 79.1 cm³/mol. The highest BCUT2D eigenvalue weighted by Crippen LogP contribution is 2.21. The standard InChI is InChI=1S/C14H22N2O2S/c1-11-8-12(2)10-14(9-11)16(3)19(17,18)7-6-15-13-4-5-13/h8-10,13,15H,4-7H2,1-3H3. The lowest BCUT2D eigenvalue weighted by Gasteiger charge is -2.20. The van der Waals surface area contributed by atoms with Crippen molar-refractivity contribution in [2.45, 2.75) is 32.7 Å². The number of hydrogen-bond acceptors (Lipinski definition) is 3. The normalized spacial score (nSPS) is 15.5. The third kappa shape index (κ3) is 3.94. The van der Waals surface area contributed by atoms with Crippen molar-refractivity contribution in [1.82, 2.24) is 5.32 Å². The predicted octanol–water partition coefficient (Wildman–Crippen LogP) is 1.82. The second-order valence-electron chi connectivity index (χ2n) is 5.36. The zero-order chi connectivity index (χ0) is 14.0. The lowest BCUT2D eigenvalue weighted by molar-refractivity contribution is 0.589. The van der Waals surface area contributed by atoms with Crippen LogP contribution in [0.1, 0.15) is 24.0 Å². The Hall–Kier alpha value is -1.07.